The molecule has 5 nitrogen and oxygen atoms in total. The molecule has 0 aliphatic rings. The predicted octanol–water partition coefficient (Wildman–Crippen LogP) is 2.95. The molecular weight excluding hydrogens is 300 g/mol. The van der Waals surface area contributed by atoms with Gasteiger partial charge in [0, 0.05) is 25.5 Å². The fraction of sp³-hybridized carbons (Fsp3) is 0.250. The molecule has 2 aromatic carbocycles. The number of sulfonamides is 1. The monoisotopic (exact) mass is 320 g/mol. The van der Waals surface area contributed by atoms with E-state index in [2.05, 4.69) is 4.72 Å². The minimum absolute atomic E-state index is 0.202. The van der Waals surface area contributed by atoms with E-state index in [1.54, 1.807) is 24.3 Å². The Morgan fingerprint density at radius 2 is 1.59 bits per heavy atom. The van der Waals surface area contributed by atoms with Crippen LogP contribution in [0, 0.1) is 0 Å². The maximum Gasteiger partial charge on any atom is 0.261 e. The first-order valence-corrected chi connectivity index (χ1v) is 8.44. The van der Waals surface area contributed by atoms with Gasteiger partial charge in [0.05, 0.1) is 11.5 Å². The van der Waals surface area contributed by atoms with E-state index >= 15 is 0 Å². The fourth-order valence-electron chi connectivity index (χ4n) is 1.92. The van der Waals surface area contributed by atoms with Gasteiger partial charge in [0.25, 0.3) is 10.0 Å². The van der Waals surface area contributed by atoms with Crippen LogP contribution in [-0.4, -0.2) is 29.1 Å². The normalized spacial score (nSPS) is 11.0. The highest BCUT2D eigenvalue weighted by Gasteiger charge is 2.14. The number of rotatable bonds is 6. The van der Waals surface area contributed by atoms with Gasteiger partial charge >= 0.3 is 0 Å². The Bertz CT molecular complexity index is 708. The molecule has 0 bridgehead atoms. The molecule has 0 aliphatic carbocycles. The van der Waals surface area contributed by atoms with Gasteiger partial charge in [-0.2, -0.15) is 0 Å². The molecule has 0 heterocycles. The first-order chi connectivity index (χ1) is 10.4. The molecule has 1 N–H and O–H groups in total. The molecule has 6 heteroatoms. The molecule has 2 rings (SSSR count). The molecule has 118 valence electrons. The molecule has 0 radical (unpaired) electrons. The third-order valence-corrected chi connectivity index (χ3v) is 4.48. The highest BCUT2D eigenvalue weighted by molar-refractivity contribution is 7.92. The van der Waals surface area contributed by atoms with Gasteiger partial charge in [0.1, 0.15) is 5.75 Å². The van der Waals surface area contributed by atoms with Gasteiger partial charge in [-0.1, -0.05) is 0 Å². The number of hydrogen-bond acceptors (Lipinski definition) is 4. The van der Waals surface area contributed by atoms with Gasteiger partial charge in [-0.25, -0.2) is 8.42 Å². The van der Waals surface area contributed by atoms with E-state index in [9.17, 15) is 8.42 Å². The summed E-state index contributed by atoms with van der Waals surface area (Å²) in [4.78, 5) is 2.15. The second-order valence-corrected chi connectivity index (χ2v) is 6.63. The Kier molecular flexibility index (Phi) is 4.92. The first kappa shape index (κ1) is 16.2. The quantitative estimate of drug-likeness (QED) is 0.889. The fourth-order valence-corrected chi connectivity index (χ4v) is 2.98. The molecular formula is C16H20N2O3S. The van der Waals surface area contributed by atoms with Crippen molar-refractivity contribution in [1.82, 2.24) is 0 Å². The highest BCUT2D eigenvalue weighted by Crippen LogP contribution is 2.21. The Morgan fingerprint density at radius 3 is 2.09 bits per heavy atom. The maximum atomic E-state index is 12.3. The summed E-state index contributed by atoms with van der Waals surface area (Å²) in [5.41, 5.74) is 1.53. The van der Waals surface area contributed by atoms with Gasteiger partial charge in [-0.05, 0) is 55.5 Å². The lowest BCUT2D eigenvalue weighted by molar-refractivity contribution is 0.340. The number of benzene rings is 2. The van der Waals surface area contributed by atoms with Crippen LogP contribution in [0.15, 0.2) is 53.4 Å². The Balaban J connectivity index is 2.16. The lowest BCUT2D eigenvalue weighted by Gasteiger charge is -2.13. The molecule has 0 aliphatic heterocycles. The van der Waals surface area contributed by atoms with Crippen molar-refractivity contribution in [3.63, 3.8) is 0 Å². The SMILES string of the molecule is CCOc1ccc(S(=O)(=O)Nc2ccc(N(C)C)cc2)cc1. The van der Waals surface area contributed by atoms with Gasteiger partial charge < -0.3 is 9.64 Å². The lowest BCUT2D eigenvalue weighted by Crippen LogP contribution is -2.13. The van der Waals surface area contributed by atoms with E-state index in [0.717, 1.165) is 5.69 Å². The molecule has 0 fully saturated rings. The molecule has 0 saturated carbocycles. The number of anilines is 2. The third kappa shape index (κ3) is 3.92. The summed E-state index contributed by atoms with van der Waals surface area (Å²) in [6.07, 6.45) is 0. The van der Waals surface area contributed by atoms with Gasteiger partial charge in [0.2, 0.25) is 0 Å². The highest BCUT2D eigenvalue weighted by atomic mass is 32.2. The first-order valence-electron chi connectivity index (χ1n) is 6.95. The van der Waals surface area contributed by atoms with Crippen LogP contribution in [-0.2, 0) is 10.0 Å². The summed E-state index contributed by atoms with van der Waals surface area (Å²) in [7, 11) is 0.262. The molecule has 0 spiro atoms. The van der Waals surface area contributed by atoms with Gasteiger partial charge in [-0.15, -0.1) is 0 Å². The summed E-state index contributed by atoms with van der Waals surface area (Å²) in [6, 6.07) is 13.5. The zero-order valence-corrected chi connectivity index (χ0v) is 13.7. The van der Waals surface area contributed by atoms with Crippen LogP contribution in [0.1, 0.15) is 6.92 Å². The summed E-state index contributed by atoms with van der Waals surface area (Å²) < 4.78 is 32.5. The van der Waals surface area contributed by atoms with Crippen LogP contribution in [0.25, 0.3) is 0 Å². The average molecular weight is 320 g/mol. The number of nitrogens with one attached hydrogen (secondary N) is 1. The van der Waals surface area contributed by atoms with E-state index in [1.165, 1.54) is 12.1 Å². The molecule has 0 aromatic heterocycles. The molecule has 0 saturated heterocycles. The average Bonchev–Trinajstić information content (AvgIpc) is 2.48. The van der Waals surface area contributed by atoms with Gasteiger partial charge in [0.15, 0.2) is 0 Å². The Morgan fingerprint density at radius 1 is 1.00 bits per heavy atom. The van der Waals surface area contributed by atoms with Crippen LogP contribution in [0.5, 0.6) is 5.75 Å². The van der Waals surface area contributed by atoms with Crippen LogP contribution >= 0.6 is 0 Å². The smallest absolute Gasteiger partial charge is 0.261 e. The maximum absolute atomic E-state index is 12.3. The van der Waals surface area contributed by atoms with E-state index in [4.69, 9.17) is 4.74 Å². The minimum atomic E-state index is -3.60. The van der Waals surface area contributed by atoms with Crippen molar-refractivity contribution in [3.8, 4) is 5.75 Å². The standard InChI is InChI=1S/C16H20N2O3S/c1-4-21-15-9-11-16(12-10-15)22(19,20)17-13-5-7-14(8-6-13)18(2)3/h5-12,17H,4H2,1-3H3. The van der Waals surface area contributed by atoms with Crippen molar-refractivity contribution >= 4 is 21.4 Å². The Labute approximate surface area is 131 Å². The summed E-state index contributed by atoms with van der Waals surface area (Å²) in [6.45, 7) is 2.42. The van der Waals surface area contributed by atoms with Crippen molar-refractivity contribution < 1.29 is 13.2 Å². The van der Waals surface area contributed by atoms with Crippen molar-refractivity contribution in [2.45, 2.75) is 11.8 Å². The largest absolute Gasteiger partial charge is 0.494 e. The summed E-state index contributed by atoms with van der Waals surface area (Å²) >= 11 is 0. The van der Waals surface area contributed by atoms with Crippen LogP contribution in [0.3, 0.4) is 0 Å². The van der Waals surface area contributed by atoms with E-state index in [-0.39, 0.29) is 4.90 Å². The zero-order chi connectivity index (χ0) is 16.2. The Hall–Kier alpha value is -2.21. The molecule has 22 heavy (non-hydrogen) atoms. The molecule has 0 amide bonds. The topological polar surface area (TPSA) is 58.6 Å². The number of nitrogens with zero attached hydrogens (tertiary/aromatic N) is 1. The summed E-state index contributed by atoms with van der Waals surface area (Å²) in [5.74, 6) is 0.650. The third-order valence-electron chi connectivity index (χ3n) is 3.08. The number of ether oxygens (including phenoxy) is 1. The van der Waals surface area contributed by atoms with Crippen LogP contribution in [0.4, 0.5) is 11.4 Å². The van der Waals surface area contributed by atoms with E-state index < -0.39 is 10.0 Å². The van der Waals surface area contributed by atoms with Crippen LogP contribution in [0.2, 0.25) is 0 Å². The lowest BCUT2D eigenvalue weighted by atomic mass is 10.3. The molecule has 0 atom stereocenters. The van der Waals surface area contributed by atoms with E-state index in [1.807, 2.05) is 38.1 Å². The van der Waals surface area contributed by atoms with E-state index in [0.29, 0.717) is 18.0 Å². The van der Waals surface area contributed by atoms with Gasteiger partial charge in [-0.3, -0.25) is 4.72 Å². The van der Waals surface area contributed by atoms with Crippen LogP contribution < -0.4 is 14.4 Å². The predicted molar refractivity (Wildman–Crippen MR) is 89.2 cm³/mol. The van der Waals surface area contributed by atoms with Crippen molar-refractivity contribution in [2.75, 3.05) is 30.3 Å². The molecule has 0 unspecified atom stereocenters. The second-order valence-electron chi connectivity index (χ2n) is 4.95. The van der Waals surface area contributed by atoms with Crippen molar-refractivity contribution in [2.24, 2.45) is 0 Å². The number of hydrogen-bond donors (Lipinski definition) is 1. The molecule has 2 aromatic rings. The summed E-state index contributed by atoms with van der Waals surface area (Å²) in [5, 5.41) is 0. The minimum Gasteiger partial charge on any atom is -0.494 e. The zero-order valence-electron chi connectivity index (χ0n) is 12.9. The second kappa shape index (κ2) is 6.70. The van der Waals surface area contributed by atoms with Crippen molar-refractivity contribution in [3.05, 3.63) is 48.5 Å². The van der Waals surface area contributed by atoms with Crippen molar-refractivity contribution in [1.29, 1.82) is 0 Å².